The van der Waals surface area contributed by atoms with Gasteiger partial charge in [-0.05, 0) is 23.4 Å². The summed E-state index contributed by atoms with van der Waals surface area (Å²) in [5.74, 6) is 0.0825. The molecule has 110 valence electrons. The maximum atomic E-state index is 11.2. The van der Waals surface area contributed by atoms with Crippen LogP contribution in [0.15, 0.2) is 47.8 Å². The van der Waals surface area contributed by atoms with E-state index in [9.17, 15) is 20.1 Å². The minimum Gasteiger partial charge on any atom is -0.392 e. The number of nitroso groups, excluding NO2 is 1. The number of fused-ring (bicyclic) bond motifs is 1. The van der Waals surface area contributed by atoms with Crippen molar-refractivity contribution in [3.8, 4) is 11.3 Å². The van der Waals surface area contributed by atoms with E-state index in [-0.39, 0.29) is 18.1 Å². The second-order valence-corrected chi connectivity index (χ2v) is 4.56. The normalized spacial score (nSPS) is 10.8. The zero-order chi connectivity index (χ0) is 15.7. The molecular weight excluding hydrogens is 288 g/mol. The quantitative estimate of drug-likeness (QED) is 0.452. The largest absolute Gasteiger partial charge is 0.392 e. The Kier molecular flexibility index (Phi) is 3.36. The summed E-state index contributed by atoms with van der Waals surface area (Å²) in [4.78, 5) is 25.7. The fraction of sp³-hybridized carbons (Fsp3) is 0.0714. The number of rotatable bonds is 4. The van der Waals surface area contributed by atoms with Crippen LogP contribution in [0.2, 0.25) is 0 Å². The van der Waals surface area contributed by atoms with Crippen molar-refractivity contribution in [1.29, 1.82) is 0 Å². The lowest BCUT2D eigenvalue weighted by Gasteiger charge is -1.98. The number of hydrogen-bond acceptors (Lipinski definition) is 6. The van der Waals surface area contributed by atoms with E-state index in [2.05, 4.69) is 10.2 Å². The predicted molar refractivity (Wildman–Crippen MR) is 78.7 cm³/mol. The van der Waals surface area contributed by atoms with Crippen molar-refractivity contribution in [1.82, 2.24) is 9.38 Å². The molecule has 0 aliphatic heterocycles. The number of nitro groups is 1. The highest BCUT2D eigenvalue weighted by molar-refractivity contribution is 5.76. The minimum atomic E-state index is -0.504. The van der Waals surface area contributed by atoms with Crippen LogP contribution in [0.3, 0.4) is 0 Å². The molecule has 0 bridgehead atoms. The number of aromatic nitrogens is 2. The fourth-order valence-corrected chi connectivity index (χ4v) is 2.26. The summed E-state index contributed by atoms with van der Waals surface area (Å²) in [7, 11) is 0. The van der Waals surface area contributed by atoms with Crippen LogP contribution >= 0.6 is 0 Å². The molecule has 3 aromatic rings. The Balaban J connectivity index is 2.21. The van der Waals surface area contributed by atoms with Gasteiger partial charge < -0.3 is 5.11 Å². The van der Waals surface area contributed by atoms with Crippen molar-refractivity contribution in [3.05, 3.63) is 63.2 Å². The highest BCUT2D eigenvalue weighted by Gasteiger charge is 2.17. The van der Waals surface area contributed by atoms with E-state index in [0.29, 0.717) is 22.5 Å². The molecule has 0 unspecified atom stereocenters. The van der Waals surface area contributed by atoms with E-state index in [1.165, 1.54) is 28.7 Å². The number of imidazole rings is 1. The van der Waals surface area contributed by atoms with Gasteiger partial charge in [-0.3, -0.25) is 14.5 Å². The smallest absolute Gasteiger partial charge is 0.269 e. The van der Waals surface area contributed by atoms with E-state index in [1.807, 2.05) is 0 Å². The van der Waals surface area contributed by atoms with Gasteiger partial charge in [-0.15, -0.1) is 4.91 Å². The Morgan fingerprint density at radius 3 is 2.59 bits per heavy atom. The number of benzene rings is 1. The van der Waals surface area contributed by atoms with Crippen molar-refractivity contribution in [2.75, 3.05) is 0 Å². The van der Waals surface area contributed by atoms with Crippen LogP contribution in [0.25, 0.3) is 16.9 Å². The summed E-state index contributed by atoms with van der Waals surface area (Å²) in [5.41, 5.74) is 1.77. The first-order chi connectivity index (χ1) is 10.7. The third-order valence-corrected chi connectivity index (χ3v) is 3.31. The van der Waals surface area contributed by atoms with E-state index in [1.54, 1.807) is 18.3 Å². The Labute approximate surface area is 123 Å². The van der Waals surface area contributed by atoms with Gasteiger partial charge >= 0.3 is 0 Å². The maximum Gasteiger partial charge on any atom is 0.269 e. The first-order valence-electron chi connectivity index (χ1n) is 6.34. The van der Waals surface area contributed by atoms with Crippen molar-refractivity contribution in [2.45, 2.75) is 6.61 Å². The molecule has 0 saturated carbocycles. The highest BCUT2D eigenvalue weighted by atomic mass is 16.6. The average molecular weight is 298 g/mol. The Morgan fingerprint density at radius 2 is 2.00 bits per heavy atom. The van der Waals surface area contributed by atoms with Crippen molar-refractivity contribution >= 4 is 17.2 Å². The summed E-state index contributed by atoms with van der Waals surface area (Å²) in [6.07, 6.45) is 1.62. The second kappa shape index (κ2) is 5.34. The zero-order valence-corrected chi connectivity index (χ0v) is 11.2. The van der Waals surface area contributed by atoms with Crippen molar-refractivity contribution in [3.63, 3.8) is 0 Å². The van der Waals surface area contributed by atoms with Gasteiger partial charge in [0.15, 0.2) is 0 Å². The van der Waals surface area contributed by atoms with Gasteiger partial charge in [0.1, 0.15) is 11.3 Å². The Hall–Kier alpha value is -3.13. The molecule has 2 aromatic heterocycles. The van der Waals surface area contributed by atoms with Crippen LogP contribution in [0.4, 0.5) is 11.5 Å². The molecular formula is C14H10N4O4. The number of nitrogens with zero attached hydrogens (tertiary/aromatic N) is 4. The molecule has 8 heteroatoms. The Bertz CT molecular complexity index is 870. The molecule has 8 nitrogen and oxygen atoms in total. The number of pyridine rings is 1. The number of aliphatic hydroxyl groups excluding tert-OH is 1. The second-order valence-electron chi connectivity index (χ2n) is 4.56. The summed E-state index contributed by atoms with van der Waals surface area (Å²) in [6.45, 7) is -0.223. The lowest BCUT2D eigenvalue weighted by atomic mass is 10.1. The molecule has 3 rings (SSSR count). The summed E-state index contributed by atoms with van der Waals surface area (Å²) in [6, 6.07) is 9.05. The molecule has 0 fully saturated rings. The molecule has 0 amide bonds. The Morgan fingerprint density at radius 1 is 1.27 bits per heavy atom. The van der Waals surface area contributed by atoms with Gasteiger partial charge in [0.2, 0.25) is 5.82 Å². The molecule has 0 radical (unpaired) electrons. The monoisotopic (exact) mass is 298 g/mol. The molecule has 1 aromatic carbocycles. The third-order valence-electron chi connectivity index (χ3n) is 3.31. The summed E-state index contributed by atoms with van der Waals surface area (Å²) >= 11 is 0. The van der Waals surface area contributed by atoms with Crippen LogP contribution in [-0.4, -0.2) is 19.4 Å². The number of aliphatic hydroxyl groups is 1. The highest BCUT2D eigenvalue weighted by Crippen LogP contribution is 2.32. The number of non-ortho nitro benzene ring substituents is 1. The SMILES string of the molecule is O=Nc1c(-c2ccc([N+](=O)[O-])cc2)nc2c(CO)cccn12. The van der Waals surface area contributed by atoms with E-state index < -0.39 is 4.92 Å². The van der Waals surface area contributed by atoms with Crippen LogP contribution in [0, 0.1) is 15.0 Å². The van der Waals surface area contributed by atoms with E-state index >= 15 is 0 Å². The molecule has 22 heavy (non-hydrogen) atoms. The predicted octanol–water partition coefficient (Wildman–Crippen LogP) is 2.80. The van der Waals surface area contributed by atoms with Crippen molar-refractivity contribution in [2.24, 2.45) is 5.18 Å². The van der Waals surface area contributed by atoms with Gasteiger partial charge in [-0.25, -0.2) is 4.98 Å². The maximum absolute atomic E-state index is 11.2. The minimum absolute atomic E-state index is 0.0517. The number of nitro benzene ring substituents is 1. The van der Waals surface area contributed by atoms with Crippen LogP contribution in [0.1, 0.15) is 5.56 Å². The molecule has 1 N–H and O–H groups in total. The average Bonchev–Trinajstić information content (AvgIpc) is 2.93. The zero-order valence-electron chi connectivity index (χ0n) is 11.2. The first-order valence-corrected chi connectivity index (χ1v) is 6.34. The van der Waals surface area contributed by atoms with Gasteiger partial charge in [-0.1, -0.05) is 6.07 Å². The first kappa shape index (κ1) is 13.8. The van der Waals surface area contributed by atoms with Crippen LogP contribution < -0.4 is 0 Å². The molecule has 2 heterocycles. The van der Waals surface area contributed by atoms with E-state index in [4.69, 9.17) is 0 Å². The molecule has 0 atom stereocenters. The van der Waals surface area contributed by atoms with E-state index in [0.717, 1.165) is 0 Å². The lowest BCUT2D eigenvalue weighted by molar-refractivity contribution is -0.384. The summed E-state index contributed by atoms with van der Waals surface area (Å²) in [5, 5.41) is 23.0. The fourth-order valence-electron chi connectivity index (χ4n) is 2.26. The van der Waals surface area contributed by atoms with Crippen LogP contribution in [-0.2, 0) is 6.61 Å². The standard InChI is InChI=1S/C14H10N4O4/c19-8-10-2-1-7-17-13(10)15-12(14(17)16-20)9-3-5-11(6-4-9)18(21)22/h1-7,19H,8H2. The third kappa shape index (κ3) is 2.11. The van der Waals surface area contributed by atoms with Gasteiger partial charge in [0, 0.05) is 29.5 Å². The number of hydrogen-bond donors (Lipinski definition) is 1. The molecule has 0 saturated heterocycles. The van der Waals surface area contributed by atoms with Gasteiger partial charge in [0.25, 0.3) is 5.69 Å². The molecule has 0 aliphatic rings. The summed E-state index contributed by atoms with van der Waals surface area (Å²) < 4.78 is 1.48. The molecule has 0 spiro atoms. The lowest BCUT2D eigenvalue weighted by Crippen LogP contribution is -1.90. The van der Waals surface area contributed by atoms with Crippen LogP contribution in [0.5, 0.6) is 0 Å². The van der Waals surface area contributed by atoms with Crippen molar-refractivity contribution < 1.29 is 10.0 Å². The van der Waals surface area contributed by atoms with Gasteiger partial charge in [-0.2, -0.15) is 0 Å². The van der Waals surface area contributed by atoms with Gasteiger partial charge in [0.05, 0.1) is 11.5 Å². The topological polar surface area (TPSA) is 110 Å². The molecule has 0 aliphatic carbocycles.